The number of nitrogens with zero attached hydrogens (tertiary/aromatic N) is 1. The Morgan fingerprint density at radius 1 is 1.12 bits per heavy atom. The molecule has 6 heteroatoms. The molecule has 1 aromatic carbocycles. The third-order valence-corrected chi connectivity index (χ3v) is 4.75. The minimum atomic E-state index is -0.127. The van der Waals surface area contributed by atoms with Crippen LogP contribution in [0.25, 0.3) is 0 Å². The first-order valence-corrected chi connectivity index (χ1v) is 8.84. The van der Waals surface area contributed by atoms with Gasteiger partial charge in [0.05, 0.1) is 5.92 Å². The number of anilines is 1. The van der Waals surface area contributed by atoms with E-state index in [0.29, 0.717) is 13.1 Å². The van der Waals surface area contributed by atoms with Crippen molar-refractivity contribution in [1.82, 2.24) is 15.5 Å². The van der Waals surface area contributed by atoms with Gasteiger partial charge >= 0.3 is 6.03 Å². The van der Waals surface area contributed by atoms with Crippen LogP contribution in [0, 0.1) is 5.92 Å². The first-order valence-electron chi connectivity index (χ1n) is 8.84. The van der Waals surface area contributed by atoms with Crippen LogP contribution in [0.5, 0.6) is 0 Å². The van der Waals surface area contributed by atoms with Crippen LogP contribution >= 0.6 is 0 Å². The number of likely N-dealkylation sites (tertiary alicyclic amines) is 1. The Labute approximate surface area is 143 Å². The van der Waals surface area contributed by atoms with Gasteiger partial charge in [-0.2, -0.15) is 0 Å². The van der Waals surface area contributed by atoms with Gasteiger partial charge in [-0.25, -0.2) is 4.79 Å². The van der Waals surface area contributed by atoms with Crippen LogP contribution in [0.4, 0.5) is 10.5 Å². The lowest BCUT2D eigenvalue weighted by Crippen LogP contribution is -2.51. The Balaban J connectivity index is 1.51. The Morgan fingerprint density at radius 3 is 2.71 bits per heavy atom. The molecule has 0 spiro atoms. The molecule has 3 amide bonds. The molecule has 0 saturated carbocycles. The first kappa shape index (κ1) is 16.8. The summed E-state index contributed by atoms with van der Waals surface area (Å²) in [6.45, 7) is 3.07. The minimum Gasteiger partial charge on any atom is -0.352 e. The summed E-state index contributed by atoms with van der Waals surface area (Å²) in [6.07, 6.45) is 3.84. The van der Waals surface area contributed by atoms with Gasteiger partial charge in [-0.15, -0.1) is 0 Å². The molecule has 2 heterocycles. The maximum Gasteiger partial charge on any atom is 0.321 e. The molecule has 2 saturated heterocycles. The molecular formula is C18H26N4O2. The van der Waals surface area contributed by atoms with Gasteiger partial charge in [0.2, 0.25) is 5.91 Å². The largest absolute Gasteiger partial charge is 0.352 e. The van der Waals surface area contributed by atoms with Crippen molar-refractivity contribution in [1.29, 1.82) is 0 Å². The maximum absolute atomic E-state index is 12.5. The molecule has 2 aliphatic heterocycles. The van der Waals surface area contributed by atoms with Gasteiger partial charge in [-0.1, -0.05) is 18.2 Å². The zero-order valence-electron chi connectivity index (χ0n) is 14.0. The van der Waals surface area contributed by atoms with Gasteiger partial charge < -0.3 is 20.9 Å². The number of rotatable bonds is 3. The van der Waals surface area contributed by atoms with Crippen LogP contribution in [0.1, 0.15) is 25.7 Å². The van der Waals surface area contributed by atoms with Gasteiger partial charge in [-0.05, 0) is 44.4 Å². The number of amides is 3. The molecule has 130 valence electrons. The SMILES string of the molecule is O=C(NC1CCCNC1)C1CCCN(C(=O)Nc2ccccc2)C1. The Hall–Kier alpha value is -2.08. The lowest BCUT2D eigenvalue weighted by Gasteiger charge is -2.33. The molecule has 2 fully saturated rings. The predicted octanol–water partition coefficient (Wildman–Crippen LogP) is 1.80. The van der Waals surface area contributed by atoms with Crippen molar-refractivity contribution in [2.45, 2.75) is 31.7 Å². The minimum absolute atomic E-state index is 0.0842. The monoisotopic (exact) mass is 330 g/mol. The summed E-state index contributed by atoms with van der Waals surface area (Å²) >= 11 is 0. The zero-order valence-corrected chi connectivity index (χ0v) is 14.0. The summed E-state index contributed by atoms with van der Waals surface area (Å²) in [5.41, 5.74) is 0.780. The lowest BCUT2D eigenvalue weighted by molar-refractivity contribution is -0.127. The molecular weight excluding hydrogens is 304 g/mol. The van der Waals surface area contributed by atoms with Gasteiger partial charge in [0.1, 0.15) is 0 Å². The summed E-state index contributed by atoms with van der Waals surface area (Å²) in [7, 11) is 0. The molecule has 2 atom stereocenters. The van der Waals surface area contributed by atoms with Gasteiger partial charge in [0.25, 0.3) is 0 Å². The van der Waals surface area contributed by atoms with Crippen LogP contribution in [0.3, 0.4) is 0 Å². The highest BCUT2D eigenvalue weighted by molar-refractivity contribution is 5.90. The van der Waals surface area contributed by atoms with Gasteiger partial charge in [0, 0.05) is 31.4 Å². The van der Waals surface area contributed by atoms with Crippen LogP contribution in [0.15, 0.2) is 30.3 Å². The third kappa shape index (κ3) is 4.47. The third-order valence-electron chi connectivity index (χ3n) is 4.75. The lowest BCUT2D eigenvalue weighted by atomic mass is 9.96. The Bertz CT molecular complexity index is 557. The van der Waals surface area contributed by atoms with Crippen molar-refractivity contribution in [3.05, 3.63) is 30.3 Å². The van der Waals surface area contributed by atoms with Crippen LogP contribution in [0.2, 0.25) is 0 Å². The number of benzene rings is 1. The molecule has 24 heavy (non-hydrogen) atoms. The number of hydrogen-bond acceptors (Lipinski definition) is 3. The molecule has 1 aromatic rings. The highest BCUT2D eigenvalue weighted by atomic mass is 16.2. The molecule has 0 aliphatic carbocycles. The molecule has 3 rings (SSSR count). The van der Waals surface area contributed by atoms with E-state index in [9.17, 15) is 9.59 Å². The van der Waals surface area contributed by atoms with E-state index in [1.807, 2.05) is 30.3 Å². The summed E-state index contributed by atoms with van der Waals surface area (Å²) in [6, 6.07) is 9.51. The van der Waals surface area contributed by atoms with Crippen molar-refractivity contribution in [2.24, 2.45) is 5.92 Å². The standard InChI is InChI=1S/C18H26N4O2/c23-17(20-16-9-4-10-19-12-16)14-6-5-11-22(13-14)18(24)21-15-7-2-1-3-8-15/h1-3,7-8,14,16,19H,4-6,9-13H2,(H,20,23)(H,21,24). The van der Waals surface area contributed by atoms with Crippen molar-refractivity contribution in [3.8, 4) is 0 Å². The summed E-state index contributed by atoms with van der Waals surface area (Å²) in [5.74, 6) is -0.0249. The average molecular weight is 330 g/mol. The molecule has 3 N–H and O–H groups in total. The molecule has 6 nitrogen and oxygen atoms in total. The average Bonchev–Trinajstić information content (AvgIpc) is 2.63. The van der Waals surface area contributed by atoms with Crippen LogP contribution in [-0.4, -0.2) is 49.1 Å². The fourth-order valence-electron chi connectivity index (χ4n) is 3.39. The van der Waals surface area contributed by atoms with Crippen LogP contribution < -0.4 is 16.0 Å². The van der Waals surface area contributed by atoms with E-state index in [0.717, 1.165) is 44.5 Å². The number of urea groups is 1. The van der Waals surface area contributed by atoms with E-state index in [-0.39, 0.29) is 23.9 Å². The van der Waals surface area contributed by atoms with Crippen molar-refractivity contribution in [2.75, 3.05) is 31.5 Å². The number of carbonyl (C=O) groups excluding carboxylic acids is 2. The predicted molar refractivity (Wildman–Crippen MR) is 93.8 cm³/mol. The molecule has 0 aromatic heterocycles. The summed E-state index contributed by atoms with van der Waals surface area (Å²) in [5, 5.41) is 9.34. The fourth-order valence-corrected chi connectivity index (χ4v) is 3.39. The van der Waals surface area contributed by atoms with E-state index in [1.165, 1.54) is 0 Å². The van der Waals surface area contributed by atoms with E-state index >= 15 is 0 Å². The van der Waals surface area contributed by atoms with Crippen molar-refractivity contribution in [3.63, 3.8) is 0 Å². The number of piperidine rings is 2. The first-order chi connectivity index (χ1) is 11.7. The number of para-hydroxylation sites is 1. The summed E-state index contributed by atoms with van der Waals surface area (Å²) in [4.78, 5) is 26.6. The van der Waals surface area contributed by atoms with Crippen molar-refractivity contribution < 1.29 is 9.59 Å². The number of hydrogen-bond donors (Lipinski definition) is 3. The van der Waals surface area contributed by atoms with E-state index in [4.69, 9.17) is 0 Å². The fraction of sp³-hybridized carbons (Fsp3) is 0.556. The normalized spacial score (nSPS) is 24.2. The number of nitrogens with one attached hydrogen (secondary N) is 3. The molecule has 2 aliphatic rings. The van der Waals surface area contributed by atoms with E-state index in [1.54, 1.807) is 4.90 Å². The Kier molecular flexibility index (Phi) is 5.69. The maximum atomic E-state index is 12.5. The van der Waals surface area contributed by atoms with Gasteiger partial charge in [0.15, 0.2) is 0 Å². The van der Waals surface area contributed by atoms with E-state index < -0.39 is 0 Å². The highest BCUT2D eigenvalue weighted by Crippen LogP contribution is 2.18. The molecule has 0 radical (unpaired) electrons. The van der Waals surface area contributed by atoms with Gasteiger partial charge in [-0.3, -0.25) is 4.79 Å². The smallest absolute Gasteiger partial charge is 0.321 e. The van der Waals surface area contributed by atoms with E-state index in [2.05, 4.69) is 16.0 Å². The topological polar surface area (TPSA) is 73.5 Å². The Morgan fingerprint density at radius 2 is 1.96 bits per heavy atom. The van der Waals surface area contributed by atoms with Crippen LogP contribution in [-0.2, 0) is 4.79 Å². The van der Waals surface area contributed by atoms with Crippen molar-refractivity contribution >= 4 is 17.6 Å². The summed E-state index contributed by atoms with van der Waals surface area (Å²) < 4.78 is 0. The molecule has 2 unspecified atom stereocenters. The second kappa shape index (κ2) is 8.15. The quantitative estimate of drug-likeness (QED) is 0.791. The second-order valence-electron chi connectivity index (χ2n) is 6.63. The number of carbonyl (C=O) groups is 2. The second-order valence-corrected chi connectivity index (χ2v) is 6.63. The zero-order chi connectivity index (χ0) is 16.8. The highest BCUT2D eigenvalue weighted by Gasteiger charge is 2.29. The molecule has 0 bridgehead atoms.